The standard InChI is InChI=1S/C18H14F6N4O2S/c1-9-7-11(14-27-15(30-28-14)18(22,23)24)8-10(2)13(9)29-5-6-31-16-25-4-3-12(26-16)17(19,20)21/h3-4,7-8H,5-6H2,1-2H3. The van der Waals surface area contributed by atoms with Gasteiger partial charge in [-0.15, -0.1) is 0 Å². The van der Waals surface area contributed by atoms with Crippen LogP contribution in [0.25, 0.3) is 11.4 Å². The number of halogens is 6. The molecule has 0 bridgehead atoms. The van der Waals surface area contributed by atoms with Crippen LogP contribution in [-0.4, -0.2) is 32.5 Å². The molecule has 0 unspecified atom stereocenters. The number of aryl methyl sites for hydroxylation is 2. The number of hydrogen-bond acceptors (Lipinski definition) is 7. The van der Waals surface area contributed by atoms with Crippen molar-refractivity contribution in [3.63, 3.8) is 0 Å². The van der Waals surface area contributed by atoms with E-state index in [2.05, 4.69) is 24.6 Å². The Kier molecular flexibility index (Phi) is 6.43. The lowest BCUT2D eigenvalue weighted by Gasteiger charge is -2.13. The van der Waals surface area contributed by atoms with Crippen LogP contribution in [0.4, 0.5) is 26.3 Å². The summed E-state index contributed by atoms with van der Waals surface area (Å²) in [6, 6.07) is 3.89. The van der Waals surface area contributed by atoms with E-state index in [0.29, 0.717) is 22.4 Å². The molecule has 0 radical (unpaired) electrons. The number of thioether (sulfide) groups is 1. The molecule has 0 aliphatic heterocycles. The molecule has 0 amide bonds. The second kappa shape index (κ2) is 8.73. The molecule has 6 nitrogen and oxygen atoms in total. The van der Waals surface area contributed by atoms with E-state index < -0.39 is 23.9 Å². The summed E-state index contributed by atoms with van der Waals surface area (Å²) < 4.78 is 85.9. The van der Waals surface area contributed by atoms with Gasteiger partial charge in [0.15, 0.2) is 5.16 Å². The van der Waals surface area contributed by atoms with Gasteiger partial charge in [-0.05, 0) is 43.2 Å². The molecule has 0 aliphatic rings. The van der Waals surface area contributed by atoms with Crippen molar-refractivity contribution in [1.82, 2.24) is 20.1 Å². The van der Waals surface area contributed by atoms with Gasteiger partial charge in [-0.2, -0.15) is 31.3 Å². The van der Waals surface area contributed by atoms with E-state index in [-0.39, 0.29) is 23.3 Å². The van der Waals surface area contributed by atoms with Gasteiger partial charge in [0, 0.05) is 17.5 Å². The highest BCUT2D eigenvalue weighted by atomic mass is 32.2. The zero-order chi connectivity index (χ0) is 22.8. The molecule has 0 fully saturated rings. The van der Waals surface area contributed by atoms with E-state index in [0.717, 1.165) is 24.0 Å². The minimum absolute atomic E-state index is 0.0280. The molecular weight excluding hydrogens is 450 g/mol. The Morgan fingerprint density at radius 1 is 1.00 bits per heavy atom. The van der Waals surface area contributed by atoms with Crippen LogP contribution >= 0.6 is 11.8 Å². The van der Waals surface area contributed by atoms with Crippen molar-refractivity contribution in [2.24, 2.45) is 0 Å². The number of alkyl halides is 6. The molecule has 2 aromatic heterocycles. The van der Waals surface area contributed by atoms with Gasteiger partial charge in [0.05, 0.1) is 6.61 Å². The summed E-state index contributed by atoms with van der Waals surface area (Å²) in [6.07, 6.45) is -8.25. The van der Waals surface area contributed by atoms with Gasteiger partial charge in [-0.25, -0.2) is 9.97 Å². The lowest BCUT2D eigenvalue weighted by atomic mass is 10.1. The van der Waals surface area contributed by atoms with Gasteiger partial charge in [-0.1, -0.05) is 16.9 Å². The predicted octanol–water partition coefficient (Wildman–Crippen LogP) is 5.35. The zero-order valence-electron chi connectivity index (χ0n) is 16.0. The highest BCUT2D eigenvalue weighted by molar-refractivity contribution is 7.99. The highest BCUT2D eigenvalue weighted by Gasteiger charge is 2.38. The second-order valence-corrected chi connectivity index (χ2v) is 7.34. The maximum absolute atomic E-state index is 12.7. The van der Waals surface area contributed by atoms with Crippen LogP contribution in [0.1, 0.15) is 22.7 Å². The van der Waals surface area contributed by atoms with Crippen molar-refractivity contribution >= 4 is 11.8 Å². The van der Waals surface area contributed by atoms with E-state index in [1.54, 1.807) is 26.0 Å². The van der Waals surface area contributed by atoms with Crippen molar-refractivity contribution in [1.29, 1.82) is 0 Å². The Morgan fingerprint density at radius 2 is 1.68 bits per heavy atom. The molecule has 3 aromatic rings. The third-order valence-corrected chi connectivity index (χ3v) is 4.70. The third kappa shape index (κ3) is 5.66. The second-order valence-electron chi connectivity index (χ2n) is 6.28. The zero-order valence-corrected chi connectivity index (χ0v) is 16.8. The van der Waals surface area contributed by atoms with Crippen LogP contribution in [0.3, 0.4) is 0 Å². The first-order chi connectivity index (χ1) is 14.4. The van der Waals surface area contributed by atoms with E-state index >= 15 is 0 Å². The molecule has 0 saturated heterocycles. The largest absolute Gasteiger partial charge is 0.492 e. The van der Waals surface area contributed by atoms with E-state index in [4.69, 9.17) is 4.74 Å². The summed E-state index contributed by atoms with van der Waals surface area (Å²) in [5, 5.41) is 3.33. The molecule has 31 heavy (non-hydrogen) atoms. The average Bonchev–Trinajstić information content (AvgIpc) is 3.17. The monoisotopic (exact) mass is 464 g/mol. The number of aromatic nitrogens is 4. The van der Waals surface area contributed by atoms with Gasteiger partial charge in [0.2, 0.25) is 5.82 Å². The maximum Gasteiger partial charge on any atom is 0.471 e. The van der Waals surface area contributed by atoms with Crippen LogP contribution in [-0.2, 0) is 12.4 Å². The predicted molar refractivity (Wildman–Crippen MR) is 97.5 cm³/mol. The van der Waals surface area contributed by atoms with Crippen LogP contribution < -0.4 is 4.74 Å². The van der Waals surface area contributed by atoms with E-state index in [9.17, 15) is 26.3 Å². The van der Waals surface area contributed by atoms with Crippen molar-refractivity contribution in [3.05, 3.63) is 47.1 Å². The van der Waals surface area contributed by atoms with Gasteiger partial charge < -0.3 is 9.26 Å². The van der Waals surface area contributed by atoms with Crippen molar-refractivity contribution < 1.29 is 35.6 Å². The highest BCUT2D eigenvalue weighted by Crippen LogP contribution is 2.33. The number of nitrogens with zero attached hydrogens (tertiary/aromatic N) is 4. The molecule has 0 atom stereocenters. The first-order valence-corrected chi connectivity index (χ1v) is 9.62. The van der Waals surface area contributed by atoms with Crippen molar-refractivity contribution in [2.75, 3.05) is 12.4 Å². The number of rotatable bonds is 6. The SMILES string of the molecule is Cc1cc(-c2noc(C(F)(F)F)n2)cc(C)c1OCCSc1nccc(C(F)(F)F)n1. The Bertz CT molecular complexity index is 1040. The number of benzene rings is 1. The smallest absolute Gasteiger partial charge is 0.471 e. The lowest BCUT2D eigenvalue weighted by molar-refractivity contribution is -0.159. The Labute approximate surface area is 176 Å². The molecule has 13 heteroatoms. The van der Waals surface area contributed by atoms with Crippen LogP contribution in [0, 0.1) is 13.8 Å². The molecule has 3 rings (SSSR count). The number of ether oxygens (including phenoxy) is 1. The van der Waals surface area contributed by atoms with Crippen molar-refractivity contribution in [3.8, 4) is 17.1 Å². The fourth-order valence-corrected chi connectivity index (χ4v) is 3.26. The van der Waals surface area contributed by atoms with Gasteiger partial charge in [-0.3, -0.25) is 0 Å². The topological polar surface area (TPSA) is 73.9 Å². The Balaban J connectivity index is 1.63. The molecule has 166 valence electrons. The molecule has 0 aliphatic carbocycles. The van der Waals surface area contributed by atoms with Crippen LogP contribution in [0.5, 0.6) is 5.75 Å². The molecule has 0 saturated carbocycles. The van der Waals surface area contributed by atoms with E-state index in [1.807, 2.05) is 0 Å². The first-order valence-electron chi connectivity index (χ1n) is 8.63. The van der Waals surface area contributed by atoms with Gasteiger partial charge in [0.25, 0.3) is 0 Å². The van der Waals surface area contributed by atoms with Gasteiger partial charge in [0.1, 0.15) is 11.4 Å². The van der Waals surface area contributed by atoms with E-state index in [1.165, 1.54) is 0 Å². The summed E-state index contributed by atoms with van der Waals surface area (Å²) in [7, 11) is 0. The first kappa shape index (κ1) is 22.8. The molecule has 0 spiro atoms. The lowest BCUT2D eigenvalue weighted by Crippen LogP contribution is -2.09. The third-order valence-electron chi connectivity index (χ3n) is 3.87. The van der Waals surface area contributed by atoms with Gasteiger partial charge >= 0.3 is 18.2 Å². The molecular formula is C18H14F6N4O2S. The summed E-state index contributed by atoms with van der Waals surface area (Å²) in [4.78, 5) is 10.6. The Morgan fingerprint density at radius 3 is 2.26 bits per heavy atom. The summed E-state index contributed by atoms with van der Waals surface area (Å²) >= 11 is 1.00. The summed E-state index contributed by atoms with van der Waals surface area (Å²) in [6.45, 7) is 3.53. The van der Waals surface area contributed by atoms with Crippen LogP contribution in [0.2, 0.25) is 0 Å². The fraction of sp³-hybridized carbons (Fsp3) is 0.333. The minimum Gasteiger partial charge on any atom is -0.492 e. The molecule has 1 aromatic carbocycles. The average molecular weight is 464 g/mol. The fourth-order valence-electron chi connectivity index (χ4n) is 2.61. The minimum atomic E-state index is -4.74. The summed E-state index contributed by atoms with van der Waals surface area (Å²) in [5.41, 5.74) is 0.541. The maximum atomic E-state index is 12.7. The number of hydrogen-bond donors (Lipinski definition) is 0. The quantitative estimate of drug-likeness (QED) is 0.211. The normalized spacial score (nSPS) is 12.3. The Hall–Kier alpha value is -2.83. The van der Waals surface area contributed by atoms with Crippen LogP contribution in [0.15, 0.2) is 34.1 Å². The molecule has 0 N–H and O–H groups in total. The molecule has 2 heterocycles. The summed E-state index contributed by atoms with van der Waals surface area (Å²) in [5.74, 6) is -0.870. The van der Waals surface area contributed by atoms with Crippen molar-refractivity contribution in [2.45, 2.75) is 31.4 Å².